The number of furan rings is 1. The molecular weight excluding hydrogens is 775 g/mol. The van der Waals surface area contributed by atoms with E-state index in [-0.39, 0.29) is 0 Å². The molecule has 0 atom stereocenters. The van der Waals surface area contributed by atoms with Crippen molar-refractivity contribution in [3.63, 3.8) is 0 Å². The van der Waals surface area contributed by atoms with E-state index in [1.165, 1.54) is 60.5 Å². The molecule has 0 saturated carbocycles. The second-order valence-corrected chi connectivity index (χ2v) is 16.4. The molecule has 0 N–H and O–H groups in total. The molecule has 2 nitrogen and oxygen atoms in total. The molecular formula is C62H41NO. The van der Waals surface area contributed by atoms with Crippen LogP contribution in [0.2, 0.25) is 0 Å². The average molecular weight is 816 g/mol. The maximum absolute atomic E-state index is 6.46. The summed E-state index contributed by atoms with van der Waals surface area (Å²) in [6.07, 6.45) is 0. The van der Waals surface area contributed by atoms with Gasteiger partial charge in [-0.15, -0.1) is 0 Å². The first-order valence-corrected chi connectivity index (χ1v) is 21.9. The zero-order valence-electron chi connectivity index (χ0n) is 35.0. The Kier molecular flexibility index (Phi) is 9.20. The lowest BCUT2D eigenvalue weighted by Crippen LogP contribution is -2.10. The van der Waals surface area contributed by atoms with Crippen molar-refractivity contribution in [2.45, 2.75) is 0 Å². The lowest BCUT2D eigenvalue weighted by molar-refractivity contribution is 0.669. The van der Waals surface area contributed by atoms with Crippen LogP contribution in [0.15, 0.2) is 253 Å². The van der Waals surface area contributed by atoms with E-state index in [1.807, 2.05) is 6.07 Å². The Morgan fingerprint density at radius 3 is 1.38 bits per heavy atom. The van der Waals surface area contributed by atoms with Crippen molar-refractivity contribution in [1.82, 2.24) is 0 Å². The van der Waals surface area contributed by atoms with Gasteiger partial charge in [-0.25, -0.2) is 0 Å². The Hall–Kier alpha value is -8.46. The monoisotopic (exact) mass is 815 g/mol. The average Bonchev–Trinajstić information content (AvgIpc) is 3.77. The standard InChI is InChI=1S/C62H41NO/c1-4-16-42(17-5-1)43-30-32-44(33-31-43)45-34-37-50(38-35-45)63(57-27-15-29-59-62(57)55-26-12-13-28-58(55)64-59)51-23-14-22-48(40-51)49-36-39-53-52-24-10-11-25-54(52)60(46-18-6-2-7-19-46)61(56(53)41-49)47-20-8-3-9-21-47/h1-41H. The smallest absolute Gasteiger partial charge is 0.137 e. The van der Waals surface area contributed by atoms with Crippen molar-refractivity contribution in [1.29, 1.82) is 0 Å². The van der Waals surface area contributed by atoms with E-state index in [4.69, 9.17) is 4.42 Å². The Balaban J connectivity index is 1.02. The predicted molar refractivity (Wildman–Crippen MR) is 271 cm³/mol. The summed E-state index contributed by atoms with van der Waals surface area (Å²) in [4.78, 5) is 2.38. The van der Waals surface area contributed by atoms with Crippen LogP contribution >= 0.6 is 0 Å². The normalized spacial score (nSPS) is 11.4. The molecule has 1 heterocycles. The molecule has 64 heavy (non-hydrogen) atoms. The summed E-state index contributed by atoms with van der Waals surface area (Å²) < 4.78 is 6.46. The molecule has 0 amide bonds. The maximum Gasteiger partial charge on any atom is 0.137 e. The lowest BCUT2D eigenvalue weighted by Gasteiger charge is -2.27. The van der Waals surface area contributed by atoms with E-state index in [2.05, 4.69) is 248 Å². The van der Waals surface area contributed by atoms with Gasteiger partial charge in [0.2, 0.25) is 0 Å². The van der Waals surface area contributed by atoms with Gasteiger partial charge >= 0.3 is 0 Å². The lowest BCUT2D eigenvalue weighted by atomic mass is 9.84. The number of anilines is 3. The largest absolute Gasteiger partial charge is 0.456 e. The van der Waals surface area contributed by atoms with Crippen LogP contribution in [0.25, 0.3) is 99.1 Å². The van der Waals surface area contributed by atoms with Gasteiger partial charge in [0.25, 0.3) is 0 Å². The molecule has 0 radical (unpaired) electrons. The molecule has 0 aliphatic carbocycles. The van der Waals surface area contributed by atoms with E-state index in [0.29, 0.717) is 0 Å². The number of hydrogen-bond donors (Lipinski definition) is 0. The van der Waals surface area contributed by atoms with Gasteiger partial charge in [-0.05, 0) is 126 Å². The zero-order chi connectivity index (χ0) is 42.4. The van der Waals surface area contributed by atoms with Gasteiger partial charge in [0.05, 0.1) is 11.1 Å². The highest BCUT2D eigenvalue weighted by atomic mass is 16.3. The molecule has 11 aromatic carbocycles. The minimum Gasteiger partial charge on any atom is -0.456 e. The summed E-state index contributed by atoms with van der Waals surface area (Å²) in [6.45, 7) is 0. The van der Waals surface area contributed by atoms with Gasteiger partial charge in [-0.1, -0.05) is 200 Å². The van der Waals surface area contributed by atoms with Gasteiger partial charge in [0.15, 0.2) is 0 Å². The van der Waals surface area contributed by atoms with Gasteiger partial charge < -0.3 is 9.32 Å². The molecule has 0 unspecified atom stereocenters. The van der Waals surface area contributed by atoms with Crippen molar-refractivity contribution in [2.75, 3.05) is 4.90 Å². The molecule has 0 saturated heterocycles. The maximum atomic E-state index is 6.46. The number of hydrogen-bond acceptors (Lipinski definition) is 2. The van der Waals surface area contributed by atoms with E-state index in [0.717, 1.165) is 55.7 Å². The predicted octanol–water partition coefficient (Wildman–Crippen LogP) is 17.7. The van der Waals surface area contributed by atoms with Crippen LogP contribution in [0, 0.1) is 0 Å². The van der Waals surface area contributed by atoms with Gasteiger partial charge in [-0.3, -0.25) is 0 Å². The van der Waals surface area contributed by atoms with Gasteiger partial charge in [0, 0.05) is 16.8 Å². The molecule has 0 aliphatic heterocycles. The molecule has 0 aliphatic rings. The van der Waals surface area contributed by atoms with Crippen molar-refractivity contribution in [2.24, 2.45) is 0 Å². The number of benzene rings is 11. The molecule has 12 rings (SSSR count). The van der Waals surface area contributed by atoms with Crippen molar-refractivity contribution < 1.29 is 4.42 Å². The quantitative estimate of drug-likeness (QED) is 0.142. The second-order valence-electron chi connectivity index (χ2n) is 16.4. The van der Waals surface area contributed by atoms with Gasteiger partial charge in [0.1, 0.15) is 11.2 Å². The summed E-state index contributed by atoms with van der Waals surface area (Å²) >= 11 is 0. The zero-order valence-corrected chi connectivity index (χ0v) is 35.0. The molecule has 0 bridgehead atoms. The van der Waals surface area contributed by atoms with E-state index in [1.54, 1.807) is 0 Å². The fourth-order valence-corrected chi connectivity index (χ4v) is 9.66. The third kappa shape index (κ3) is 6.52. The molecule has 2 heteroatoms. The number of para-hydroxylation sites is 1. The van der Waals surface area contributed by atoms with Crippen LogP contribution in [0.3, 0.4) is 0 Å². The first kappa shape index (κ1) is 37.3. The fraction of sp³-hybridized carbons (Fsp3) is 0. The molecule has 1 aromatic heterocycles. The Morgan fingerprint density at radius 2 is 0.703 bits per heavy atom. The van der Waals surface area contributed by atoms with Crippen LogP contribution in [0.5, 0.6) is 0 Å². The van der Waals surface area contributed by atoms with E-state index in [9.17, 15) is 0 Å². The first-order chi connectivity index (χ1) is 31.7. The summed E-state index contributed by atoms with van der Waals surface area (Å²) in [5.41, 5.74) is 16.9. The Morgan fingerprint density at radius 1 is 0.250 bits per heavy atom. The third-order valence-corrected chi connectivity index (χ3v) is 12.7. The molecule has 12 aromatic rings. The highest BCUT2D eigenvalue weighted by Gasteiger charge is 2.22. The van der Waals surface area contributed by atoms with Crippen LogP contribution in [-0.4, -0.2) is 0 Å². The second kappa shape index (κ2) is 15.8. The number of rotatable bonds is 8. The summed E-state index contributed by atoms with van der Waals surface area (Å²) in [6, 6.07) is 89.6. The summed E-state index contributed by atoms with van der Waals surface area (Å²) in [5.74, 6) is 0. The first-order valence-electron chi connectivity index (χ1n) is 21.9. The van der Waals surface area contributed by atoms with Crippen LogP contribution in [0.4, 0.5) is 17.1 Å². The SMILES string of the molecule is c1ccc(-c2ccc(-c3ccc(N(c4cccc(-c5ccc6c(c5)c(-c5ccccc5)c(-c5ccccc5)c5ccccc56)c4)c4cccc5oc6ccccc6c45)cc3)cc2)cc1. The van der Waals surface area contributed by atoms with Crippen molar-refractivity contribution in [3.8, 4) is 55.6 Å². The van der Waals surface area contributed by atoms with Crippen LogP contribution in [0.1, 0.15) is 0 Å². The van der Waals surface area contributed by atoms with Crippen molar-refractivity contribution in [3.05, 3.63) is 249 Å². The van der Waals surface area contributed by atoms with Gasteiger partial charge in [-0.2, -0.15) is 0 Å². The van der Waals surface area contributed by atoms with Crippen LogP contribution in [-0.2, 0) is 0 Å². The highest BCUT2D eigenvalue weighted by molar-refractivity contribution is 6.22. The minimum atomic E-state index is 0.861. The highest BCUT2D eigenvalue weighted by Crippen LogP contribution is 2.47. The number of nitrogens with zero attached hydrogens (tertiary/aromatic N) is 1. The topological polar surface area (TPSA) is 16.4 Å². The summed E-state index contributed by atoms with van der Waals surface area (Å²) in [5, 5.41) is 7.14. The summed E-state index contributed by atoms with van der Waals surface area (Å²) in [7, 11) is 0. The third-order valence-electron chi connectivity index (χ3n) is 12.7. The van der Waals surface area contributed by atoms with Crippen LogP contribution < -0.4 is 4.90 Å². The Bertz CT molecular complexity index is 3630. The van der Waals surface area contributed by atoms with Crippen molar-refractivity contribution >= 4 is 60.5 Å². The van der Waals surface area contributed by atoms with E-state index >= 15 is 0 Å². The minimum absolute atomic E-state index is 0.861. The fourth-order valence-electron chi connectivity index (χ4n) is 9.66. The molecule has 0 fully saturated rings. The van der Waals surface area contributed by atoms with E-state index < -0.39 is 0 Å². The number of fused-ring (bicyclic) bond motifs is 6. The molecule has 0 spiro atoms. The Labute approximate surface area is 372 Å². The molecule has 300 valence electrons.